The Morgan fingerprint density at radius 2 is 1.85 bits per heavy atom. The van der Waals surface area contributed by atoms with E-state index in [2.05, 4.69) is 25.9 Å². The molecule has 0 saturated heterocycles. The van der Waals surface area contributed by atoms with Gasteiger partial charge in [-0.3, -0.25) is 0 Å². The SMILES string of the molecule is Cc1cnc(Nc2cc(Cl)cc(Cl)c2)nc1Nc1ccc2c(c1)NCO2. The van der Waals surface area contributed by atoms with Crippen molar-refractivity contribution in [2.45, 2.75) is 6.92 Å². The molecule has 4 rings (SSSR count). The van der Waals surface area contributed by atoms with Gasteiger partial charge in [0.1, 0.15) is 11.6 Å². The van der Waals surface area contributed by atoms with Crippen LogP contribution in [0.15, 0.2) is 42.6 Å². The van der Waals surface area contributed by atoms with Gasteiger partial charge in [0.05, 0.1) is 5.69 Å². The quantitative estimate of drug-likeness (QED) is 0.560. The lowest BCUT2D eigenvalue weighted by molar-refractivity contribution is 0.372. The molecule has 3 N–H and O–H groups in total. The molecule has 26 heavy (non-hydrogen) atoms. The standard InChI is InChI=1S/C18H15Cl2N5O/c1-10-8-21-18(24-14-5-11(19)4-12(20)6-14)25-17(10)23-13-2-3-16-15(7-13)22-9-26-16/h2-8,22H,9H2,1H3,(H2,21,23,24,25). The lowest BCUT2D eigenvalue weighted by Gasteiger charge is -2.12. The fraction of sp³-hybridized carbons (Fsp3) is 0.111. The maximum absolute atomic E-state index is 6.03. The van der Waals surface area contributed by atoms with E-state index < -0.39 is 0 Å². The predicted molar refractivity (Wildman–Crippen MR) is 105 cm³/mol. The molecule has 0 aliphatic carbocycles. The first-order chi connectivity index (χ1) is 12.6. The van der Waals surface area contributed by atoms with Crippen LogP contribution in [0.25, 0.3) is 0 Å². The number of aryl methyl sites for hydroxylation is 1. The van der Waals surface area contributed by atoms with Crippen molar-refractivity contribution in [3.63, 3.8) is 0 Å². The van der Waals surface area contributed by atoms with Crippen LogP contribution >= 0.6 is 23.2 Å². The second kappa shape index (κ2) is 6.90. The topological polar surface area (TPSA) is 71.1 Å². The average Bonchev–Trinajstić information content (AvgIpc) is 3.05. The highest BCUT2D eigenvalue weighted by Gasteiger charge is 2.12. The first-order valence-corrected chi connectivity index (χ1v) is 8.67. The van der Waals surface area contributed by atoms with Gasteiger partial charge in [0.25, 0.3) is 0 Å². The van der Waals surface area contributed by atoms with Crippen LogP contribution in [0.1, 0.15) is 5.56 Å². The average molecular weight is 388 g/mol. The van der Waals surface area contributed by atoms with Gasteiger partial charge in [0, 0.05) is 33.2 Å². The Hall–Kier alpha value is -2.70. The molecule has 0 atom stereocenters. The fourth-order valence-corrected chi connectivity index (χ4v) is 3.11. The number of nitrogens with zero attached hydrogens (tertiary/aromatic N) is 2. The summed E-state index contributed by atoms with van der Waals surface area (Å²) >= 11 is 12.1. The maximum Gasteiger partial charge on any atom is 0.229 e. The zero-order chi connectivity index (χ0) is 18.1. The third-order valence-electron chi connectivity index (χ3n) is 3.82. The van der Waals surface area contributed by atoms with Crippen molar-refractivity contribution in [2.24, 2.45) is 0 Å². The Balaban J connectivity index is 1.58. The van der Waals surface area contributed by atoms with E-state index in [0.29, 0.717) is 28.5 Å². The predicted octanol–water partition coefficient (Wildman–Crippen LogP) is 5.34. The number of ether oxygens (including phenoxy) is 1. The van der Waals surface area contributed by atoms with E-state index in [1.807, 2.05) is 25.1 Å². The molecule has 2 aromatic carbocycles. The molecule has 0 spiro atoms. The molecular formula is C18H15Cl2N5O. The van der Waals surface area contributed by atoms with Crippen molar-refractivity contribution in [3.8, 4) is 5.75 Å². The molecular weight excluding hydrogens is 373 g/mol. The summed E-state index contributed by atoms with van der Waals surface area (Å²) < 4.78 is 5.44. The van der Waals surface area contributed by atoms with Crippen molar-refractivity contribution in [1.29, 1.82) is 0 Å². The van der Waals surface area contributed by atoms with E-state index in [0.717, 1.165) is 28.4 Å². The Morgan fingerprint density at radius 1 is 1.04 bits per heavy atom. The van der Waals surface area contributed by atoms with E-state index in [4.69, 9.17) is 27.9 Å². The van der Waals surface area contributed by atoms with Gasteiger partial charge in [-0.2, -0.15) is 4.98 Å². The van der Waals surface area contributed by atoms with Gasteiger partial charge < -0.3 is 20.7 Å². The fourth-order valence-electron chi connectivity index (χ4n) is 2.58. The van der Waals surface area contributed by atoms with Crippen LogP contribution in [0.2, 0.25) is 10.0 Å². The molecule has 6 nitrogen and oxygen atoms in total. The van der Waals surface area contributed by atoms with Crippen molar-refractivity contribution in [1.82, 2.24) is 9.97 Å². The van der Waals surface area contributed by atoms with Crippen LogP contribution < -0.4 is 20.7 Å². The van der Waals surface area contributed by atoms with Crippen molar-refractivity contribution in [2.75, 3.05) is 22.7 Å². The monoisotopic (exact) mass is 387 g/mol. The lowest BCUT2D eigenvalue weighted by atomic mass is 10.2. The van der Waals surface area contributed by atoms with E-state index in [1.54, 1.807) is 24.4 Å². The largest absolute Gasteiger partial charge is 0.471 e. The zero-order valence-electron chi connectivity index (χ0n) is 13.8. The normalized spacial score (nSPS) is 12.1. The lowest BCUT2D eigenvalue weighted by Crippen LogP contribution is -2.03. The highest BCUT2D eigenvalue weighted by atomic mass is 35.5. The second-order valence-corrected chi connectivity index (χ2v) is 6.68. The van der Waals surface area contributed by atoms with Crippen LogP contribution in [-0.4, -0.2) is 16.7 Å². The van der Waals surface area contributed by atoms with Gasteiger partial charge in [-0.15, -0.1) is 0 Å². The molecule has 8 heteroatoms. The molecule has 0 amide bonds. The molecule has 1 aliphatic rings. The van der Waals surface area contributed by atoms with Crippen LogP contribution in [0.4, 0.5) is 28.8 Å². The van der Waals surface area contributed by atoms with Crippen molar-refractivity contribution < 1.29 is 4.74 Å². The van der Waals surface area contributed by atoms with Gasteiger partial charge in [0.15, 0.2) is 6.73 Å². The molecule has 1 aliphatic heterocycles. The maximum atomic E-state index is 6.03. The minimum atomic E-state index is 0.444. The van der Waals surface area contributed by atoms with E-state index >= 15 is 0 Å². The smallest absolute Gasteiger partial charge is 0.229 e. The van der Waals surface area contributed by atoms with E-state index in [9.17, 15) is 0 Å². The van der Waals surface area contributed by atoms with Gasteiger partial charge in [-0.25, -0.2) is 4.98 Å². The first-order valence-electron chi connectivity index (χ1n) is 7.91. The number of anilines is 5. The van der Waals surface area contributed by atoms with E-state index in [-0.39, 0.29) is 0 Å². The summed E-state index contributed by atoms with van der Waals surface area (Å²) in [6, 6.07) is 11.0. The molecule has 0 unspecified atom stereocenters. The van der Waals surface area contributed by atoms with Crippen LogP contribution in [0, 0.1) is 6.92 Å². The summed E-state index contributed by atoms with van der Waals surface area (Å²) in [6.07, 6.45) is 1.75. The molecule has 0 saturated carbocycles. The number of fused-ring (bicyclic) bond motifs is 1. The van der Waals surface area contributed by atoms with Gasteiger partial charge in [-0.05, 0) is 43.3 Å². The van der Waals surface area contributed by atoms with Crippen molar-refractivity contribution >= 4 is 52.0 Å². The van der Waals surface area contributed by atoms with Gasteiger partial charge >= 0.3 is 0 Å². The Bertz CT molecular complexity index is 960. The first kappa shape index (κ1) is 16.8. The highest BCUT2D eigenvalue weighted by Crippen LogP contribution is 2.33. The number of hydrogen-bond acceptors (Lipinski definition) is 6. The number of hydrogen-bond donors (Lipinski definition) is 3. The molecule has 132 valence electrons. The molecule has 0 radical (unpaired) electrons. The highest BCUT2D eigenvalue weighted by molar-refractivity contribution is 6.35. The molecule has 0 fully saturated rings. The summed E-state index contributed by atoms with van der Waals surface area (Å²) in [5.41, 5.74) is 3.49. The third-order valence-corrected chi connectivity index (χ3v) is 4.26. The summed E-state index contributed by atoms with van der Waals surface area (Å²) in [5, 5.41) is 10.7. The van der Waals surface area contributed by atoms with Gasteiger partial charge in [-0.1, -0.05) is 23.2 Å². The summed E-state index contributed by atoms with van der Waals surface area (Å²) in [6.45, 7) is 2.43. The number of rotatable bonds is 4. The van der Waals surface area contributed by atoms with Crippen LogP contribution in [0.5, 0.6) is 5.75 Å². The van der Waals surface area contributed by atoms with Crippen LogP contribution in [-0.2, 0) is 0 Å². The van der Waals surface area contributed by atoms with Crippen LogP contribution in [0.3, 0.4) is 0 Å². The molecule has 1 aromatic heterocycles. The number of benzene rings is 2. The second-order valence-electron chi connectivity index (χ2n) is 5.81. The summed E-state index contributed by atoms with van der Waals surface area (Å²) in [5.74, 6) is 1.99. The Kier molecular flexibility index (Phi) is 4.44. The Labute approximate surface area is 160 Å². The van der Waals surface area contributed by atoms with E-state index in [1.165, 1.54) is 0 Å². The Morgan fingerprint density at radius 3 is 2.65 bits per heavy atom. The number of aromatic nitrogens is 2. The zero-order valence-corrected chi connectivity index (χ0v) is 15.3. The van der Waals surface area contributed by atoms with Crippen molar-refractivity contribution in [3.05, 3.63) is 58.2 Å². The summed E-state index contributed by atoms with van der Waals surface area (Å²) in [7, 11) is 0. The minimum absolute atomic E-state index is 0.444. The summed E-state index contributed by atoms with van der Waals surface area (Å²) in [4.78, 5) is 8.86. The van der Waals surface area contributed by atoms with Gasteiger partial charge in [0.2, 0.25) is 5.95 Å². The molecule has 3 aromatic rings. The number of halogens is 2. The third kappa shape index (κ3) is 3.61. The molecule has 0 bridgehead atoms. The molecule has 2 heterocycles. The number of nitrogens with one attached hydrogen (secondary N) is 3. The minimum Gasteiger partial charge on any atom is -0.471 e.